The van der Waals surface area contributed by atoms with Gasteiger partial charge in [-0.3, -0.25) is 4.79 Å². The van der Waals surface area contributed by atoms with Crippen LogP contribution in [0.15, 0.2) is 47.4 Å². The van der Waals surface area contributed by atoms with Crippen LogP contribution < -0.4 is 10.1 Å². The molecule has 1 amide bonds. The van der Waals surface area contributed by atoms with Crippen LogP contribution in [-0.4, -0.2) is 38.3 Å². The molecule has 6 nitrogen and oxygen atoms in total. The molecule has 30 heavy (non-hydrogen) atoms. The van der Waals surface area contributed by atoms with Gasteiger partial charge in [0.25, 0.3) is 0 Å². The van der Waals surface area contributed by atoms with E-state index in [0.717, 1.165) is 11.1 Å². The second-order valence-corrected chi connectivity index (χ2v) is 9.32. The summed E-state index contributed by atoms with van der Waals surface area (Å²) in [5, 5.41) is 2.86. The van der Waals surface area contributed by atoms with Gasteiger partial charge in [-0.05, 0) is 68.1 Å². The Kier molecular flexibility index (Phi) is 7.10. The van der Waals surface area contributed by atoms with Crippen LogP contribution >= 0.6 is 0 Å². The predicted molar refractivity (Wildman–Crippen MR) is 112 cm³/mol. The average molecular weight is 435 g/mol. The number of rotatable bonds is 7. The molecule has 0 aromatic heterocycles. The van der Waals surface area contributed by atoms with Gasteiger partial charge in [0.05, 0.1) is 11.5 Å². The molecule has 0 aliphatic carbocycles. The molecule has 0 unspecified atom stereocenters. The van der Waals surface area contributed by atoms with E-state index < -0.39 is 10.0 Å². The summed E-state index contributed by atoms with van der Waals surface area (Å²) in [6.07, 6.45) is 0.926. The Morgan fingerprint density at radius 2 is 1.83 bits per heavy atom. The van der Waals surface area contributed by atoms with Crippen molar-refractivity contribution in [3.8, 4) is 5.75 Å². The van der Waals surface area contributed by atoms with Crippen molar-refractivity contribution >= 4 is 15.9 Å². The highest BCUT2D eigenvalue weighted by atomic mass is 32.2. The van der Waals surface area contributed by atoms with Gasteiger partial charge in [0, 0.05) is 25.6 Å². The second-order valence-electron chi connectivity index (χ2n) is 7.38. The van der Waals surface area contributed by atoms with Crippen LogP contribution in [0.1, 0.15) is 30.9 Å². The number of carbonyl (C=O) groups excluding carboxylic acids is 1. The third kappa shape index (κ3) is 5.17. The van der Waals surface area contributed by atoms with Crippen LogP contribution in [-0.2, 0) is 21.4 Å². The van der Waals surface area contributed by atoms with Crippen molar-refractivity contribution in [2.45, 2.75) is 38.1 Å². The normalized spacial score (nSPS) is 15.7. The zero-order chi connectivity index (χ0) is 21.7. The highest BCUT2D eigenvalue weighted by Crippen LogP contribution is 2.27. The van der Waals surface area contributed by atoms with Gasteiger partial charge in [0.15, 0.2) is 0 Å². The van der Waals surface area contributed by atoms with Crippen molar-refractivity contribution in [3.05, 3.63) is 59.4 Å². The van der Waals surface area contributed by atoms with E-state index in [1.807, 2.05) is 13.8 Å². The van der Waals surface area contributed by atoms with Crippen molar-refractivity contribution in [2.75, 3.05) is 19.7 Å². The lowest BCUT2D eigenvalue weighted by Crippen LogP contribution is -2.42. The minimum atomic E-state index is -3.61. The zero-order valence-corrected chi connectivity index (χ0v) is 18.0. The van der Waals surface area contributed by atoms with Crippen LogP contribution in [0, 0.1) is 18.7 Å². The van der Waals surface area contributed by atoms with Crippen LogP contribution in [0.3, 0.4) is 0 Å². The first-order chi connectivity index (χ1) is 14.3. The Hall–Kier alpha value is -2.45. The Morgan fingerprint density at radius 1 is 1.17 bits per heavy atom. The van der Waals surface area contributed by atoms with E-state index in [4.69, 9.17) is 4.74 Å². The van der Waals surface area contributed by atoms with E-state index in [1.54, 1.807) is 30.3 Å². The number of aryl methyl sites for hydroxylation is 1. The fraction of sp³-hybridized carbons (Fsp3) is 0.409. The molecule has 0 saturated carbocycles. The highest BCUT2D eigenvalue weighted by Gasteiger charge is 2.32. The maximum Gasteiger partial charge on any atom is 0.243 e. The van der Waals surface area contributed by atoms with Crippen molar-refractivity contribution in [3.63, 3.8) is 0 Å². The summed E-state index contributed by atoms with van der Waals surface area (Å²) in [6.45, 7) is 5.13. The average Bonchev–Trinajstić information content (AvgIpc) is 2.74. The van der Waals surface area contributed by atoms with E-state index in [2.05, 4.69) is 5.32 Å². The Balaban J connectivity index is 1.56. The van der Waals surface area contributed by atoms with Gasteiger partial charge < -0.3 is 10.1 Å². The smallest absolute Gasteiger partial charge is 0.243 e. The van der Waals surface area contributed by atoms with Crippen molar-refractivity contribution in [1.29, 1.82) is 0 Å². The predicted octanol–water partition coefficient (Wildman–Crippen LogP) is 3.25. The van der Waals surface area contributed by atoms with Gasteiger partial charge in [0.2, 0.25) is 15.9 Å². The van der Waals surface area contributed by atoms with Gasteiger partial charge >= 0.3 is 0 Å². The van der Waals surface area contributed by atoms with Crippen LogP contribution in [0.4, 0.5) is 4.39 Å². The topological polar surface area (TPSA) is 75.7 Å². The number of hydrogen-bond donors (Lipinski definition) is 1. The molecule has 2 aromatic rings. The molecule has 0 atom stereocenters. The number of amides is 1. The van der Waals surface area contributed by atoms with Gasteiger partial charge in [-0.2, -0.15) is 4.31 Å². The van der Waals surface area contributed by atoms with Crippen molar-refractivity contribution in [1.82, 2.24) is 9.62 Å². The SMILES string of the molecule is CCOc1ccc(S(=O)(=O)N2CCC(C(=O)NCc3ccc(F)cc3)CC2)cc1C. The van der Waals surface area contributed by atoms with Crippen LogP contribution in [0.5, 0.6) is 5.75 Å². The summed E-state index contributed by atoms with van der Waals surface area (Å²) in [5.41, 5.74) is 1.59. The first kappa shape index (κ1) is 22.2. The fourth-order valence-corrected chi connectivity index (χ4v) is 5.10. The summed E-state index contributed by atoms with van der Waals surface area (Å²) in [5.74, 6) is 0.0154. The van der Waals surface area contributed by atoms with E-state index in [-0.39, 0.29) is 22.5 Å². The maximum atomic E-state index is 13.0. The number of piperidine rings is 1. The molecule has 1 aliphatic heterocycles. The second kappa shape index (κ2) is 9.57. The van der Waals surface area contributed by atoms with Crippen LogP contribution in [0.2, 0.25) is 0 Å². The number of halogens is 1. The molecule has 0 radical (unpaired) electrons. The van der Waals surface area contributed by atoms with Gasteiger partial charge in [0.1, 0.15) is 11.6 Å². The van der Waals surface area contributed by atoms with E-state index in [9.17, 15) is 17.6 Å². The molecule has 1 fully saturated rings. The van der Waals surface area contributed by atoms with E-state index in [0.29, 0.717) is 44.8 Å². The molecule has 1 saturated heterocycles. The number of nitrogens with zero attached hydrogens (tertiary/aromatic N) is 1. The number of hydrogen-bond acceptors (Lipinski definition) is 4. The number of benzene rings is 2. The zero-order valence-electron chi connectivity index (χ0n) is 17.2. The summed E-state index contributed by atoms with van der Waals surface area (Å²) < 4.78 is 45.8. The van der Waals surface area contributed by atoms with Gasteiger partial charge in [-0.1, -0.05) is 12.1 Å². The summed E-state index contributed by atoms with van der Waals surface area (Å²) in [4.78, 5) is 12.7. The highest BCUT2D eigenvalue weighted by molar-refractivity contribution is 7.89. The molecule has 1 heterocycles. The minimum Gasteiger partial charge on any atom is -0.494 e. The standard InChI is InChI=1S/C22H27FN2O4S/c1-3-29-21-9-8-20(14-16(21)2)30(27,28)25-12-10-18(11-13-25)22(26)24-15-17-4-6-19(23)7-5-17/h4-9,14,18H,3,10-13,15H2,1-2H3,(H,24,26). The lowest BCUT2D eigenvalue weighted by molar-refractivity contribution is -0.126. The van der Waals surface area contributed by atoms with Crippen LogP contribution in [0.25, 0.3) is 0 Å². The molecule has 1 N–H and O–H groups in total. The quantitative estimate of drug-likeness (QED) is 0.726. The van der Waals surface area contributed by atoms with Gasteiger partial charge in [-0.25, -0.2) is 12.8 Å². The number of sulfonamides is 1. The molecule has 1 aliphatic rings. The molecule has 3 rings (SSSR count). The summed E-state index contributed by atoms with van der Waals surface area (Å²) in [6, 6.07) is 10.8. The number of nitrogens with one attached hydrogen (secondary N) is 1. The van der Waals surface area contributed by atoms with E-state index >= 15 is 0 Å². The summed E-state index contributed by atoms with van der Waals surface area (Å²) in [7, 11) is -3.61. The first-order valence-corrected chi connectivity index (χ1v) is 11.5. The van der Waals surface area contributed by atoms with Crippen molar-refractivity contribution < 1.29 is 22.3 Å². The lowest BCUT2D eigenvalue weighted by atomic mass is 9.97. The molecular weight excluding hydrogens is 407 g/mol. The molecule has 8 heteroatoms. The summed E-state index contributed by atoms with van der Waals surface area (Å²) >= 11 is 0. The maximum absolute atomic E-state index is 13.0. The third-order valence-electron chi connectivity index (χ3n) is 5.29. The Labute approximate surface area is 177 Å². The Morgan fingerprint density at radius 3 is 2.43 bits per heavy atom. The largest absolute Gasteiger partial charge is 0.494 e. The molecule has 162 valence electrons. The fourth-order valence-electron chi connectivity index (χ4n) is 3.54. The number of carbonyl (C=O) groups is 1. The minimum absolute atomic E-state index is 0.103. The molecule has 0 spiro atoms. The Bertz CT molecular complexity index is 985. The third-order valence-corrected chi connectivity index (χ3v) is 7.18. The molecular formula is C22H27FN2O4S. The number of ether oxygens (including phenoxy) is 1. The monoisotopic (exact) mass is 434 g/mol. The molecule has 0 bridgehead atoms. The lowest BCUT2D eigenvalue weighted by Gasteiger charge is -2.30. The van der Waals surface area contributed by atoms with Crippen molar-refractivity contribution in [2.24, 2.45) is 5.92 Å². The van der Waals surface area contributed by atoms with E-state index in [1.165, 1.54) is 16.4 Å². The van der Waals surface area contributed by atoms with Gasteiger partial charge in [-0.15, -0.1) is 0 Å². The first-order valence-electron chi connectivity index (χ1n) is 10.1. The molecule has 2 aromatic carbocycles.